The summed E-state index contributed by atoms with van der Waals surface area (Å²) in [5.41, 5.74) is 4.11. The van der Waals surface area contributed by atoms with Gasteiger partial charge in [0, 0.05) is 18.5 Å². The molecule has 1 heterocycles. The minimum atomic E-state index is -0.281. The number of carbonyl (C=O) groups excluding carboxylic acids is 1. The highest BCUT2D eigenvalue weighted by atomic mass is 32.1. The first-order valence-corrected chi connectivity index (χ1v) is 11.1. The number of benzene rings is 2. The van der Waals surface area contributed by atoms with Gasteiger partial charge in [0.05, 0.1) is 30.9 Å². The fourth-order valence-electron chi connectivity index (χ4n) is 3.90. The van der Waals surface area contributed by atoms with E-state index in [1.54, 1.807) is 11.0 Å². The molecule has 1 N–H and O–H groups in total. The van der Waals surface area contributed by atoms with Crippen molar-refractivity contribution in [1.82, 2.24) is 4.98 Å². The predicted molar refractivity (Wildman–Crippen MR) is 117 cm³/mol. The number of quaternary nitrogens is 1. The molecular weight excluding hydrogens is 385 g/mol. The molecule has 1 amide bonds. The molecule has 1 aliphatic rings. The third kappa shape index (κ3) is 4.49. The van der Waals surface area contributed by atoms with E-state index < -0.39 is 0 Å². The fourth-order valence-corrected chi connectivity index (χ4v) is 4.91. The summed E-state index contributed by atoms with van der Waals surface area (Å²) in [6.45, 7) is 1.57. The number of anilines is 1. The fraction of sp³-hybridized carbons (Fsp3) is 0.391. The summed E-state index contributed by atoms with van der Waals surface area (Å²) in [5, 5.41) is 0.641. The van der Waals surface area contributed by atoms with Crippen LogP contribution in [0.15, 0.2) is 36.4 Å². The lowest BCUT2D eigenvalue weighted by atomic mass is 9.90. The first-order chi connectivity index (χ1) is 14.0. The van der Waals surface area contributed by atoms with Gasteiger partial charge in [-0.3, -0.25) is 9.69 Å². The number of hydrogen-bond donors (Lipinski definition) is 1. The zero-order valence-corrected chi connectivity index (χ0v) is 17.8. The van der Waals surface area contributed by atoms with Gasteiger partial charge in [-0.2, -0.15) is 0 Å². The molecule has 1 aliphatic carbocycles. The van der Waals surface area contributed by atoms with Crippen LogP contribution in [0.25, 0.3) is 10.2 Å². The van der Waals surface area contributed by atoms with Gasteiger partial charge in [-0.1, -0.05) is 17.4 Å². The van der Waals surface area contributed by atoms with Crippen LogP contribution in [0.2, 0.25) is 0 Å². The third-order valence-corrected chi connectivity index (χ3v) is 6.51. The van der Waals surface area contributed by atoms with Crippen LogP contribution in [-0.2, 0) is 12.8 Å². The lowest BCUT2D eigenvalue weighted by molar-refractivity contribution is -0.858. The summed E-state index contributed by atoms with van der Waals surface area (Å²) >= 11 is 1.38. The van der Waals surface area contributed by atoms with Crippen molar-refractivity contribution in [3.63, 3.8) is 0 Å². The van der Waals surface area contributed by atoms with E-state index in [9.17, 15) is 9.18 Å². The second-order valence-electron chi connectivity index (χ2n) is 8.07. The average Bonchev–Trinajstić information content (AvgIpc) is 3.13. The largest absolute Gasteiger partial charge is 0.340 e. The van der Waals surface area contributed by atoms with Crippen molar-refractivity contribution in [2.75, 3.05) is 32.1 Å². The molecule has 0 aliphatic heterocycles. The Morgan fingerprint density at radius 3 is 2.72 bits per heavy atom. The van der Waals surface area contributed by atoms with E-state index in [0.717, 1.165) is 36.0 Å². The zero-order valence-electron chi connectivity index (χ0n) is 17.0. The third-order valence-electron chi connectivity index (χ3n) is 5.47. The van der Waals surface area contributed by atoms with Crippen LogP contribution in [0.4, 0.5) is 9.52 Å². The number of halogens is 1. The Labute approximate surface area is 175 Å². The summed E-state index contributed by atoms with van der Waals surface area (Å²) in [6.07, 6.45) is 5.43. The van der Waals surface area contributed by atoms with E-state index >= 15 is 0 Å². The van der Waals surface area contributed by atoms with Gasteiger partial charge in [-0.25, -0.2) is 9.37 Å². The Kier molecular flexibility index (Phi) is 5.92. The first-order valence-electron chi connectivity index (χ1n) is 10.3. The van der Waals surface area contributed by atoms with E-state index in [0.29, 0.717) is 17.2 Å². The van der Waals surface area contributed by atoms with Gasteiger partial charge in [0.1, 0.15) is 5.82 Å². The Bertz CT molecular complexity index is 1030. The van der Waals surface area contributed by atoms with E-state index in [1.807, 2.05) is 6.07 Å². The Morgan fingerprint density at radius 2 is 1.93 bits per heavy atom. The van der Waals surface area contributed by atoms with Crippen LogP contribution in [0.5, 0.6) is 0 Å². The number of aryl methyl sites for hydroxylation is 2. The van der Waals surface area contributed by atoms with Crippen LogP contribution >= 0.6 is 11.3 Å². The van der Waals surface area contributed by atoms with Gasteiger partial charge in [-0.05, 0) is 67.1 Å². The smallest absolute Gasteiger partial charge is 0.260 e. The summed E-state index contributed by atoms with van der Waals surface area (Å²) in [4.78, 5) is 21.2. The van der Waals surface area contributed by atoms with E-state index in [2.05, 4.69) is 31.2 Å². The first kappa shape index (κ1) is 20.0. The van der Waals surface area contributed by atoms with Gasteiger partial charge < -0.3 is 4.90 Å². The quantitative estimate of drug-likeness (QED) is 0.673. The van der Waals surface area contributed by atoms with Crippen LogP contribution in [0.1, 0.15) is 40.7 Å². The van der Waals surface area contributed by atoms with E-state index in [-0.39, 0.29) is 11.7 Å². The van der Waals surface area contributed by atoms with Gasteiger partial charge in [-0.15, -0.1) is 0 Å². The highest BCUT2D eigenvalue weighted by molar-refractivity contribution is 7.22. The van der Waals surface area contributed by atoms with Gasteiger partial charge in [0.2, 0.25) is 0 Å². The van der Waals surface area contributed by atoms with Crippen LogP contribution < -0.4 is 9.80 Å². The normalized spacial score (nSPS) is 13.7. The summed E-state index contributed by atoms with van der Waals surface area (Å²) < 4.78 is 14.4. The summed E-state index contributed by atoms with van der Waals surface area (Å²) in [6, 6.07) is 10.7. The van der Waals surface area contributed by atoms with Gasteiger partial charge in [0.15, 0.2) is 5.13 Å². The van der Waals surface area contributed by atoms with Crippen molar-refractivity contribution < 1.29 is 14.1 Å². The maximum Gasteiger partial charge on any atom is 0.260 e. The number of hydrogen-bond acceptors (Lipinski definition) is 3. The van der Waals surface area contributed by atoms with Crippen molar-refractivity contribution in [3.05, 3.63) is 58.9 Å². The monoisotopic (exact) mass is 412 g/mol. The average molecular weight is 413 g/mol. The molecule has 0 fully saturated rings. The number of aromatic nitrogens is 1. The molecule has 29 heavy (non-hydrogen) atoms. The standard InChI is InChI=1S/C23H26FN3OS/c1-26(2)12-5-13-27(23-25-20-11-10-19(24)15-21(20)29-23)22(28)18-9-8-16-6-3-4-7-17(16)14-18/h8-11,14-15H,3-7,12-13H2,1-2H3/p+1. The summed E-state index contributed by atoms with van der Waals surface area (Å²) in [5.74, 6) is -0.303. The van der Waals surface area contributed by atoms with Crippen LogP contribution in [0, 0.1) is 5.82 Å². The lowest BCUT2D eigenvalue weighted by Gasteiger charge is -2.22. The SMILES string of the molecule is C[NH+](C)CCCN(C(=O)c1ccc2c(c1)CCCC2)c1nc2ccc(F)cc2s1. The minimum absolute atomic E-state index is 0.0216. The molecular formula is C23H27FN3OS+. The number of thiazole rings is 1. The molecule has 0 spiro atoms. The number of amides is 1. The number of carbonyl (C=O) groups is 1. The molecule has 2 aromatic carbocycles. The van der Waals surface area contributed by atoms with E-state index in [1.165, 1.54) is 52.3 Å². The molecule has 0 radical (unpaired) electrons. The zero-order chi connectivity index (χ0) is 20.4. The molecule has 4 rings (SSSR count). The minimum Gasteiger partial charge on any atom is -0.340 e. The molecule has 0 atom stereocenters. The van der Waals surface area contributed by atoms with Gasteiger partial charge >= 0.3 is 0 Å². The van der Waals surface area contributed by atoms with Crippen molar-refractivity contribution in [2.24, 2.45) is 0 Å². The van der Waals surface area contributed by atoms with Crippen molar-refractivity contribution >= 4 is 32.6 Å². The number of nitrogens with one attached hydrogen (secondary N) is 1. The maximum absolute atomic E-state index is 13.6. The lowest BCUT2D eigenvalue weighted by Crippen LogP contribution is -3.05. The predicted octanol–water partition coefficient (Wildman–Crippen LogP) is 3.50. The van der Waals surface area contributed by atoms with Crippen LogP contribution in [-0.4, -0.2) is 38.1 Å². The Hall–Kier alpha value is -2.31. The number of fused-ring (bicyclic) bond motifs is 2. The molecule has 0 saturated carbocycles. The molecule has 0 saturated heterocycles. The molecule has 4 nitrogen and oxygen atoms in total. The molecule has 3 aromatic rings. The molecule has 0 bridgehead atoms. The molecule has 6 heteroatoms. The van der Waals surface area contributed by atoms with Crippen molar-refractivity contribution in [3.8, 4) is 0 Å². The summed E-state index contributed by atoms with van der Waals surface area (Å²) in [7, 11) is 4.21. The van der Waals surface area contributed by atoms with Crippen molar-refractivity contribution in [1.29, 1.82) is 0 Å². The molecule has 0 unspecified atom stereocenters. The van der Waals surface area contributed by atoms with Gasteiger partial charge in [0.25, 0.3) is 5.91 Å². The van der Waals surface area contributed by atoms with Crippen LogP contribution in [0.3, 0.4) is 0 Å². The highest BCUT2D eigenvalue weighted by Gasteiger charge is 2.23. The Morgan fingerprint density at radius 1 is 1.14 bits per heavy atom. The number of nitrogens with zero attached hydrogens (tertiary/aromatic N) is 2. The second-order valence-corrected chi connectivity index (χ2v) is 9.08. The highest BCUT2D eigenvalue weighted by Crippen LogP contribution is 2.31. The van der Waals surface area contributed by atoms with Crippen molar-refractivity contribution in [2.45, 2.75) is 32.1 Å². The molecule has 152 valence electrons. The second kappa shape index (κ2) is 8.59. The molecule has 1 aromatic heterocycles. The Balaban J connectivity index is 1.66. The number of rotatable bonds is 6. The topological polar surface area (TPSA) is 37.6 Å². The van der Waals surface area contributed by atoms with E-state index in [4.69, 9.17) is 0 Å². The maximum atomic E-state index is 13.6.